The zero-order valence-corrected chi connectivity index (χ0v) is 14.1. The Morgan fingerprint density at radius 3 is 1.84 bits per heavy atom. The summed E-state index contributed by atoms with van der Waals surface area (Å²) in [7, 11) is 0. The number of benzene rings is 3. The van der Waals surface area contributed by atoms with Crippen molar-refractivity contribution in [2.75, 3.05) is 0 Å². The third-order valence-electron chi connectivity index (χ3n) is 5.36. The van der Waals surface area contributed by atoms with Gasteiger partial charge in [0.25, 0.3) is 0 Å². The molecule has 0 bridgehead atoms. The van der Waals surface area contributed by atoms with Crippen LogP contribution in [0.3, 0.4) is 0 Å². The van der Waals surface area contributed by atoms with Crippen LogP contribution in [0, 0.1) is 5.92 Å². The molecule has 1 aliphatic carbocycles. The normalized spacial score (nSPS) is 15.2. The van der Waals surface area contributed by atoms with Gasteiger partial charge in [0.1, 0.15) is 0 Å². The van der Waals surface area contributed by atoms with Crippen LogP contribution in [0.4, 0.5) is 0 Å². The summed E-state index contributed by atoms with van der Waals surface area (Å²) >= 11 is 0. The van der Waals surface area contributed by atoms with E-state index in [1.807, 2.05) is 30.3 Å². The number of carboxylic acids is 1. The van der Waals surface area contributed by atoms with Gasteiger partial charge in [0.05, 0.1) is 5.92 Å². The Morgan fingerprint density at radius 2 is 1.32 bits per heavy atom. The van der Waals surface area contributed by atoms with Crippen LogP contribution in [-0.2, 0) is 10.2 Å². The Bertz CT molecular complexity index is 882. The Labute approximate surface area is 147 Å². The van der Waals surface area contributed by atoms with Crippen molar-refractivity contribution in [2.24, 2.45) is 5.92 Å². The number of hydrogen-bond donors (Lipinski definition) is 1. The van der Waals surface area contributed by atoms with Crippen molar-refractivity contribution in [3.8, 4) is 11.1 Å². The van der Waals surface area contributed by atoms with Gasteiger partial charge in [0.15, 0.2) is 0 Å². The number of aliphatic carboxylic acids is 1. The molecule has 3 aromatic carbocycles. The van der Waals surface area contributed by atoms with Crippen molar-refractivity contribution in [1.29, 1.82) is 0 Å². The van der Waals surface area contributed by atoms with E-state index in [2.05, 4.69) is 48.5 Å². The molecular weight excluding hydrogens is 308 g/mol. The highest BCUT2D eigenvalue weighted by atomic mass is 16.4. The quantitative estimate of drug-likeness (QED) is 0.722. The van der Waals surface area contributed by atoms with Crippen molar-refractivity contribution >= 4 is 5.97 Å². The summed E-state index contributed by atoms with van der Waals surface area (Å²) in [6.07, 6.45) is 0.542. The summed E-state index contributed by atoms with van der Waals surface area (Å²) in [5.74, 6) is -1.20. The molecule has 3 aromatic rings. The fraction of sp³-hybridized carbons (Fsp3) is 0.174. The van der Waals surface area contributed by atoms with Crippen molar-refractivity contribution in [3.63, 3.8) is 0 Å². The monoisotopic (exact) mass is 328 g/mol. The summed E-state index contributed by atoms with van der Waals surface area (Å²) in [5.41, 5.74) is 5.55. The van der Waals surface area contributed by atoms with E-state index in [9.17, 15) is 9.90 Å². The molecule has 0 spiro atoms. The lowest BCUT2D eigenvalue weighted by Crippen LogP contribution is -2.31. The van der Waals surface area contributed by atoms with Crippen molar-refractivity contribution in [1.82, 2.24) is 0 Å². The first-order chi connectivity index (χ1) is 12.1. The molecule has 0 heterocycles. The zero-order chi connectivity index (χ0) is 17.4. The third kappa shape index (κ3) is 2.29. The van der Waals surface area contributed by atoms with Crippen LogP contribution in [0.2, 0.25) is 0 Å². The first-order valence-electron chi connectivity index (χ1n) is 8.62. The van der Waals surface area contributed by atoms with Crippen LogP contribution >= 0.6 is 0 Å². The SMILES string of the molecule is CC(CC1(c2ccccc2)c2ccccc2-c2ccccc21)C(=O)O. The van der Waals surface area contributed by atoms with Crippen molar-refractivity contribution in [2.45, 2.75) is 18.8 Å². The first kappa shape index (κ1) is 15.6. The Morgan fingerprint density at radius 1 is 0.840 bits per heavy atom. The van der Waals surface area contributed by atoms with E-state index in [4.69, 9.17) is 0 Å². The van der Waals surface area contributed by atoms with Gasteiger partial charge in [-0.2, -0.15) is 0 Å². The first-order valence-corrected chi connectivity index (χ1v) is 8.62. The maximum atomic E-state index is 11.7. The maximum absolute atomic E-state index is 11.7. The van der Waals surface area contributed by atoms with Crippen LogP contribution in [0.5, 0.6) is 0 Å². The molecule has 0 aromatic heterocycles. The molecule has 0 radical (unpaired) electrons. The lowest BCUT2D eigenvalue weighted by atomic mass is 9.67. The minimum atomic E-state index is -0.753. The number of fused-ring (bicyclic) bond motifs is 3. The van der Waals surface area contributed by atoms with Crippen LogP contribution in [-0.4, -0.2) is 11.1 Å². The molecule has 1 N–H and O–H groups in total. The molecule has 2 nitrogen and oxygen atoms in total. The van der Waals surface area contributed by atoms with Gasteiger partial charge in [-0.1, -0.05) is 85.8 Å². The second-order valence-corrected chi connectivity index (χ2v) is 6.81. The number of carboxylic acid groups (broad SMARTS) is 1. The molecule has 4 rings (SSSR count). The van der Waals surface area contributed by atoms with Crippen molar-refractivity contribution in [3.05, 3.63) is 95.6 Å². The van der Waals surface area contributed by atoms with Gasteiger partial charge in [0, 0.05) is 5.41 Å². The molecule has 0 saturated heterocycles. The molecule has 25 heavy (non-hydrogen) atoms. The summed E-state index contributed by atoms with van der Waals surface area (Å²) in [5, 5.41) is 9.60. The average Bonchev–Trinajstić information content (AvgIpc) is 2.94. The molecule has 1 unspecified atom stereocenters. The average molecular weight is 328 g/mol. The van der Waals surface area contributed by atoms with E-state index in [0.717, 1.165) is 5.56 Å². The van der Waals surface area contributed by atoms with E-state index in [-0.39, 0.29) is 0 Å². The van der Waals surface area contributed by atoms with Gasteiger partial charge >= 0.3 is 5.97 Å². The van der Waals surface area contributed by atoms with E-state index in [1.54, 1.807) is 6.92 Å². The topological polar surface area (TPSA) is 37.3 Å². The fourth-order valence-corrected chi connectivity index (χ4v) is 4.24. The fourth-order valence-electron chi connectivity index (χ4n) is 4.24. The standard InChI is InChI=1S/C23H20O2/c1-16(22(24)25)15-23(17-9-3-2-4-10-17)20-13-7-5-11-18(20)19-12-6-8-14-21(19)23/h2-14,16H,15H2,1H3,(H,24,25). The van der Waals surface area contributed by atoms with Gasteiger partial charge in [0.2, 0.25) is 0 Å². The van der Waals surface area contributed by atoms with Gasteiger partial charge in [-0.25, -0.2) is 0 Å². The highest BCUT2D eigenvalue weighted by Gasteiger charge is 2.45. The predicted octanol–water partition coefficient (Wildman–Crippen LogP) is 5.11. The second kappa shape index (κ2) is 5.89. The van der Waals surface area contributed by atoms with Crippen LogP contribution < -0.4 is 0 Å². The predicted molar refractivity (Wildman–Crippen MR) is 99.6 cm³/mol. The zero-order valence-electron chi connectivity index (χ0n) is 14.1. The minimum absolute atomic E-state index is 0.424. The minimum Gasteiger partial charge on any atom is -0.481 e. The third-order valence-corrected chi connectivity index (χ3v) is 5.36. The molecule has 0 aliphatic heterocycles. The smallest absolute Gasteiger partial charge is 0.306 e. The number of hydrogen-bond acceptors (Lipinski definition) is 1. The van der Waals surface area contributed by atoms with Crippen LogP contribution in [0.15, 0.2) is 78.9 Å². The lowest BCUT2D eigenvalue weighted by Gasteiger charge is -2.34. The van der Waals surface area contributed by atoms with E-state index < -0.39 is 17.3 Å². The molecule has 1 aliphatic rings. The number of carbonyl (C=O) groups is 1. The summed E-state index contributed by atoms with van der Waals surface area (Å²) in [4.78, 5) is 11.7. The second-order valence-electron chi connectivity index (χ2n) is 6.81. The number of rotatable bonds is 4. The highest BCUT2D eigenvalue weighted by molar-refractivity contribution is 5.84. The van der Waals surface area contributed by atoms with E-state index >= 15 is 0 Å². The van der Waals surface area contributed by atoms with Crippen LogP contribution in [0.1, 0.15) is 30.0 Å². The molecule has 124 valence electrons. The summed E-state index contributed by atoms with van der Waals surface area (Å²) in [6, 6.07) is 27.1. The van der Waals surface area contributed by atoms with Crippen molar-refractivity contribution < 1.29 is 9.90 Å². The Balaban J connectivity index is 2.05. The van der Waals surface area contributed by atoms with E-state index in [0.29, 0.717) is 6.42 Å². The van der Waals surface area contributed by atoms with E-state index in [1.165, 1.54) is 22.3 Å². The molecule has 0 amide bonds. The molecule has 2 heteroatoms. The molecule has 0 fully saturated rings. The van der Waals surface area contributed by atoms with Gasteiger partial charge in [-0.05, 0) is 34.2 Å². The van der Waals surface area contributed by atoms with Gasteiger partial charge in [-0.15, -0.1) is 0 Å². The Kier molecular flexibility index (Phi) is 3.69. The molecule has 0 saturated carbocycles. The Hall–Kier alpha value is -2.87. The molecule has 1 atom stereocenters. The summed E-state index contributed by atoms with van der Waals surface area (Å²) < 4.78 is 0. The largest absolute Gasteiger partial charge is 0.481 e. The van der Waals surface area contributed by atoms with Gasteiger partial charge in [-0.3, -0.25) is 4.79 Å². The van der Waals surface area contributed by atoms with Gasteiger partial charge < -0.3 is 5.11 Å². The summed E-state index contributed by atoms with van der Waals surface area (Å²) in [6.45, 7) is 1.80. The van der Waals surface area contributed by atoms with Crippen LogP contribution in [0.25, 0.3) is 11.1 Å². The lowest BCUT2D eigenvalue weighted by molar-refractivity contribution is -0.141. The maximum Gasteiger partial charge on any atom is 0.306 e. The molecular formula is C23H20O2. The highest BCUT2D eigenvalue weighted by Crippen LogP contribution is 2.55.